The number of hydrogen-bond acceptors (Lipinski definition) is 4. The minimum atomic E-state index is -0.543. The summed E-state index contributed by atoms with van der Waals surface area (Å²) in [6.45, 7) is 0. The lowest BCUT2D eigenvalue weighted by Crippen LogP contribution is -2.30. The van der Waals surface area contributed by atoms with Gasteiger partial charge in [0, 0.05) is 28.3 Å². The average Bonchev–Trinajstić information content (AvgIpc) is 2.55. The number of carbonyl (C=O) groups is 1. The molecular weight excluding hydrogens is 319 g/mol. The number of non-ortho nitro benzene ring substituents is 1. The van der Waals surface area contributed by atoms with Gasteiger partial charge in [-0.1, -0.05) is 6.07 Å². The summed E-state index contributed by atoms with van der Waals surface area (Å²) in [5, 5.41) is 13.6. The zero-order valence-electron chi connectivity index (χ0n) is 12.0. The average molecular weight is 332 g/mol. The Morgan fingerprint density at radius 1 is 1.30 bits per heavy atom. The van der Waals surface area contributed by atoms with E-state index in [2.05, 4.69) is 5.32 Å². The lowest BCUT2D eigenvalue weighted by molar-refractivity contribution is -0.384. The van der Waals surface area contributed by atoms with Gasteiger partial charge in [0.25, 0.3) is 11.6 Å². The second kappa shape index (κ2) is 6.37. The Labute approximate surface area is 136 Å². The molecule has 1 amide bonds. The molecule has 2 aromatic rings. The first-order valence-electron chi connectivity index (χ1n) is 7.02. The smallest absolute Gasteiger partial charge is 0.270 e. The zero-order chi connectivity index (χ0) is 16.4. The lowest BCUT2D eigenvalue weighted by atomic mass is 10.0. The number of amides is 1. The Kier molecular flexibility index (Phi) is 4.29. The Morgan fingerprint density at radius 3 is 2.91 bits per heavy atom. The Balaban J connectivity index is 1.83. The van der Waals surface area contributed by atoms with E-state index in [4.69, 9.17) is 0 Å². The molecule has 0 saturated heterocycles. The highest BCUT2D eigenvalue weighted by molar-refractivity contribution is 7.99. The topological polar surface area (TPSA) is 72.2 Å². The summed E-state index contributed by atoms with van der Waals surface area (Å²) in [5.74, 6) is 0.0695. The standard InChI is InChI=1S/C16H13FN2O3S/c17-11-4-5-15-13(9-11)14(6-7-23-15)18-16(20)10-2-1-3-12(8-10)19(21)22/h1-5,8-9,14H,6-7H2,(H,18,20)/t14-/m1/s1. The molecule has 0 saturated carbocycles. The molecule has 23 heavy (non-hydrogen) atoms. The van der Waals surface area contributed by atoms with E-state index in [-0.39, 0.29) is 23.1 Å². The number of rotatable bonds is 3. The number of thioether (sulfide) groups is 1. The molecule has 118 valence electrons. The Bertz CT molecular complexity index is 782. The molecule has 2 aromatic carbocycles. The van der Waals surface area contributed by atoms with Gasteiger partial charge >= 0.3 is 0 Å². The first-order chi connectivity index (χ1) is 11.0. The SMILES string of the molecule is O=C(N[C@@H]1CCSc2ccc(F)cc21)c1cccc([N+](=O)[O-])c1. The number of carbonyl (C=O) groups excluding carboxylic acids is 1. The fraction of sp³-hybridized carbons (Fsp3) is 0.188. The predicted octanol–water partition coefficient (Wildman–Crippen LogP) is 3.70. The lowest BCUT2D eigenvalue weighted by Gasteiger charge is -2.26. The van der Waals surface area contributed by atoms with Crippen LogP contribution in [0.15, 0.2) is 47.4 Å². The summed E-state index contributed by atoms with van der Waals surface area (Å²) in [5.41, 5.74) is 0.832. The van der Waals surface area contributed by atoms with Gasteiger partial charge in [0.1, 0.15) is 5.82 Å². The molecule has 1 N–H and O–H groups in total. The quantitative estimate of drug-likeness (QED) is 0.687. The monoisotopic (exact) mass is 332 g/mol. The van der Waals surface area contributed by atoms with Gasteiger partial charge in [0.05, 0.1) is 11.0 Å². The number of nitrogens with zero attached hydrogens (tertiary/aromatic N) is 1. The molecule has 0 aliphatic carbocycles. The maximum absolute atomic E-state index is 13.5. The third-order valence-corrected chi connectivity index (χ3v) is 4.76. The number of nitro groups is 1. The molecular formula is C16H13FN2O3S. The molecule has 1 atom stereocenters. The van der Waals surface area contributed by atoms with E-state index in [1.165, 1.54) is 36.4 Å². The second-order valence-electron chi connectivity index (χ2n) is 5.15. The molecule has 0 radical (unpaired) electrons. The van der Waals surface area contributed by atoms with E-state index >= 15 is 0 Å². The number of fused-ring (bicyclic) bond motifs is 1. The first-order valence-corrected chi connectivity index (χ1v) is 8.01. The number of nitro benzene ring substituents is 1. The number of nitrogens with one attached hydrogen (secondary N) is 1. The second-order valence-corrected chi connectivity index (χ2v) is 6.29. The van der Waals surface area contributed by atoms with Crippen LogP contribution in [-0.2, 0) is 0 Å². The van der Waals surface area contributed by atoms with Gasteiger partial charge in [0.2, 0.25) is 0 Å². The number of hydrogen-bond donors (Lipinski definition) is 1. The van der Waals surface area contributed by atoms with Crippen molar-refractivity contribution in [3.63, 3.8) is 0 Å². The fourth-order valence-electron chi connectivity index (χ4n) is 2.52. The van der Waals surface area contributed by atoms with Gasteiger partial charge in [0.15, 0.2) is 0 Å². The van der Waals surface area contributed by atoms with Crippen LogP contribution in [0.4, 0.5) is 10.1 Å². The summed E-state index contributed by atoms with van der Waals surface area (Å²) in [7, 11) is 0. The molecule has 1 aliphatic rings. The predicted molar refractivity (Wildman–Crippen MR) is 85.0 cm³/mol. The van der Waals surface area contributed by atoms with Crippen molar-refractivity contribution >= 4 is 23.4 Å². The van der Waals surface area contributed by atoms with E-state index in [1.54, 1.807) is 17.8 Å². The molecule has 0 bridgehead atoms. The third-order valence-electron chi connectivity index (χ3n) is 3.64. The van der Waals surface area contributed by atoms with Crippen LogP contribution in [0.5, 0.6) is 0 Å². The number of benzene rings is 2. The maximum Gasteiger partial charge on any atom is 0.270 e. The third kappa shape index (κ3) is 3.34. The van der Waals surface area contributed by atoms with Crippen molar-refractivity contribution in [2.45, 2.75) is 17.4 Å². The van der Waals surface area contributed by atoms with Crippen LogP contribution in [-0.4, -0.2) is 16.6 Å². The fourth-order valence-corrected chi connectivity index (χ4v) is 3.62. The van der Waals surface area contributed by atoms with E-state index < -0.39 is 10.8 Å². The molecule has 0 unspecified atom stereocenters. The maximum atomic E-state index is 13.5. The van der Waals surface area contributed by atoms with Crippen molar-refractivity contribution in [3.05, 3.63) is 69.5 Å². The van der Waals surface area contributed by atoms with E-state index in [0.717, 1.165) is 16.2 Å². The Morgan fingerprint density at radius 2 is 2.13 bits per heavy atom. The molecule has 3 rings (SSSR count). The molecule has 0 fully saturated rings. The van der Waals surface area contributed by atoms with Gasteiger partial charge < -0.3 is 5.32 Å². The van der Waals surface area contributed by atoms with Crippen molar-refractivity contribution in [1.29, 1.82) is 0 Å². The summed E-state index contributed by atoms with van der Waals surface area (Å²) >= 11 is 1.62. The molecule has 0 aromatic heterocycles. The highest BCUT2D eigenvalue weighted by Crippen LogP contribution is 2.36. The molecule has 7 heteroatoms. The summed E-state index contributed by atoms with van der Waals surface area (Å²) in [4.78, 5) is 23.5. The van der Waals surface area contributed by atoms with Crippen molar-refractivity contribution < 1.29 is 14.1 Å². The van der Waals surface area contributed by atoms with Gasteiger partial charge in [-0.25, -0.2) is 4.39 Å². The van der Waals surface area contributed by atoms with Gasteiger partial charge in [-0.15, -0.1) is 11.8 Å². The number of halogens is 1. The van der Waals surface area contributed by atoms with Gasteiger partial charge in [-0.3, -0.25) is 14.9 Å². The molecule has 1 heterocycles. The van der Waals surface area contributed by atoms with Crippen molar-refractivity contribution in [2.75, 3.05) is 5.75 Å². The van der Waals surface area contributed by atoms with Crippen LogP contribution in [0.25, 0.3) is 0 Å². The van der Waals surface area contributed by atoms with Crippen molar-refractivity contribution in [2.24, 2.45) is 0 Å². The zero-order valence-corrected chi connectivity index (χ0v) is 12.8. The van der Waals surface area contributed by atoms with Crippen molar-refractivity contribution in [3.8, 4) is 0 Å². The normalized spacial score (nSPS) is 16.5. The molecule has 1 aliphatic heterocycles. The van der Waals surface area contributed by atoms with E-state index in [0.29, 0.717) is 6.42 Å². The van der Waals surface area contributed by atoms with Crippen LogP contribution in [0, 0.1) is 15.9 Å². The van der Waals surface area contributed by atoms with E-state index in [9.17, 15) is 19.3 Å². The van der Waals surface area contributed by atoms with Crippen LogP contribution in [0.1, 0.15) is 28.4 Å². The Hall–Kier alpha value is -2.41. The van der Waals surface area contributed by atoms with Gasteiger partial charge in [-0.2, -0.15) is 0 Å². The highest BCUT2D eigenvalue weighted by atomic mass is 32.2. The summed E-state index contributed by atoms with van der Waals surface area (Å²) in [6.07, 6.45) is 0.682. The van der Waals surface area contributed by atoms with Gasteiger partial charge in [-0.05, 0) is 36.2 Å². The highest BCUT2D eigenvalue weighted by Gasteiger charge is 2.23. The molecule has 5 nitrogen and oxygen atoms in total. The summed E-state index contributed by atoms with van der Waals surface area (Å²) in [6, 6.07) is 9.80. The van der Waals surface area contributed by atoms with Crippen LogP contribution in [0.2, 0.25) is 0 Å². The van der Waals surface area contributed by atoms with Crippen LogP contribution in [0.3, 0.4) is 0 Å². The summed E-state index contributed by atoms with van der Waals surface area (Å²) < 4.78 is 13.5. The largest absolute Gasteiger partial charge is 0.345 e. The van der Waals surface area contributed by atoms with Crippen LogP contribution >= 0.6 is 11.8 Å². The minimum Gasteiger partial charge on any atom is -0.345 e. The molecule has 0 spiro atoms. The van der Waals surface area contributed by atoms with Crippen LogP contribution < -0.4 is 5.32 Å². The van der Waals surface area contributed by atoms with E-state index in [1.807, 2.05) is 0 Å². The minimum absolute atomic E-state index is 0.136. The van der Waals surface area contributed by atoms with Crippen molar-refractivity contribution in [1.82, 2.24) is 5.32 Å². The first kappa shape index (κ1) is 15.5.